The number of benzene rings is 2. The lowest BCUT2D eigenvalue weighted by Gasteiger charge is -2.26. The number of hydrogen-bond acceptors (Lipinski definition) is 6. The molecule has 6 nitrogen and oxygen atoms in total. The highest BCUT2D eigenvalue weighted by Crippen LogP contribution is 2.39. The highest BCUT2D eigenvalue weighted by Gasteiger charge is 2.26. The molecule has 0 unspecified atom stereocenters. The van der Waals surface area contributed by atoms with Gasteiger partial charge in [-0.3, -0.25) is 4.18 Å². The minimum absolute atomic E-state index is 0.0615. The van der Waals surface area contributed by atoms with E-state index in [4.69, 9.17) is 13.7 Å². The van der Waals surface area contributed by atoms with Crippen molar-refractivity contribution < 1.29 is 27.2 Å². The van der Waals surface area contributed by atoms with E-state index in [0.29, 0.717) is 5.75 Å². The summed E-state index contributed by atoms with van der Waals surface area (Å²) in [6.45, 7) is 1.80. The summed E-state index contributed by atoms with van der Waals surface area (Å²) < 4.78 is 40.3. The number of rotatable bonds is 4. The van der Waals surface area contributed by atoms with Gasteiger partial charge < -0.3 is 14.6 Å². The second-order valence-electron chi connectivity index (χ2n) is 5.21. The van der Waals surface area contributed by atoms with Crippen molar-refractivity contribution in [2.45, 2.75) is 17.9 Å². The third-order valence-corrected chi connectivity index (χ3v) is 4.68. The van der Waals surface area contributed by atoms with E-state index in [1.807, 2.05) is 6.92 Å². The van der Waals surface area contributed by atoms with Crippen LogP contribution in [0.3, 0.4) is 0 Å². The second kappa shape index (κ2) is 6.10. The Labute approximate surface area is 134 Å². The maximum absolute atomic E-state index is 12.1. The number of fused-ring (bicyclic) bond motifs is 1. The Morgan fingerprint density at radius 3 is 2.70 bits per heavy atom. The van der Waals surface area contributed by atoms with Gasteiger partial charge in [0.1, 0.15) is 13.2 Å². The molecule has 1 heterocycles. The predicted molar refractivity (Wildman–Crippen MR) is 82.3 cm³/mol. The quantitative estimate of drug-likeness (QED) is 0.863. The number of aryl methyl sites for hydroxylation is 1. The zero-order valence-electron chi connectivity index (χ0n) is 12.4. The largest absolute Gasteiger partial charge is 0.504 e. The molecule has 0 saturated heterocycles. The van der Waals surface area contributed by atoms with Crippen molar-refractivity contribution in [1.82, 2.24) is 0 Å². The Hall–Kier alpha value is -2.25. The van der Waals surface area contributed by atoms with Gasteiger partial charge in [0, 0.05) is 0 Å². The summed E-state index contributed by atoms with van der Waals surface area (Å²) >= 11 is 0. The second-order valence-corrected chi connectivity index (χ2v) is 6.82. The van der Waals surface area contributed by atoms with E-state index in [9.17, 15) is 13.5 Å². The monoisotopic (exact) mass is 336 g/mol. The molecule has 0 amide bonds. The summed E-state index contributed by atoms with van der Waals surface area (Å²) in [6, 6.07) is 11.1. The molecule has 23 heavy (non-hydrogen) atoms. The average Bonchev–Trinajstić information content (AvgIpc) is 2.54. The van der Waals surface area contributed by atoms with Gasteiger partial charge in [-0.2, -0.15) is 8.42 Å². The zero-order chi connectivity index (χ0) is 16.4. The first-order valence-corrected chi connectivity index (χ1v) is 8.44. The number of aromatic hydroxyl groups is 1. The van der Waals surface area contributed by atoms with Crippen LogP contribution in [-0.2, 0) is 14.3 Å². The SMILES string of the molecule is Cc1ccc(S(=O)(=O)OC[C@@H]2COc3cccc(O)c3O2)cc1. The molecule has 0 spiro atoms. The Morgan fingerprint density at radius 2 is 1.96 bits per heavy atom. The standard InChI is InChI=1S/C16H16O6S/c1-11-5-7-13(8-6-11)23(18,19)21-10-12-9-20-15-4-2-3-14(17)16(15)22-12/h2-8,12,17H,9-10H2,1H3/t12-/m0/s1. The highest BCUT2D eigenvalue weighted by atomic mass is 32.2. The third-order valence-electron chi connectivity index (χ3n) is 3.39. The van der Waals surface area contributed by atoms with E-state index in [1.165, 1.54) is 18.2 Å². The van der Waals surface area contributed by atoms with Gasteiger partial charge in [0.05, 0.1) is 4.90 Å². The van der Waals surface area contributed by atoms with Crippen LogP contribution in [-0.4, -0.2) is 32.8 Å². The van der Waals surface area contributed by atoms with Crippen LogP contribution in [0.5, 0.6) is 17.2 Å². The van der Waals surface area contributed by atoms with Crippen LogP contribution in [0.1, 0.15) is 5.56 Å². The summed E-state index contributed by atoms with van der Waals surface area (Å²) in [7, 11) is -3.86. The van der Waals surface area contributed by atoms with Crippen LogP contribution in [0.2, 0.25) is 0 Å². The fourth-order valence-electron chi connectivity index (χ4n) is 2.14. The van der Waals surface area contributed by atoms with E-state index in [2.05, 4.69) is 0 Å². The van der Waals surface area contributed by atoms with Gasteiger partial charge in [-0.05, 0) is 31.2 Å². The van der Waals surface area contributed by atoms with Gasteiger partial charge in [0.2, 0.25) is 5.75 Å². The molecular formula is C16H16O6S. The molecule has 2 aromatic rings. The van der Waals surface area contributed by atoms with Crippen LogP contribution in [0.15, 0.2) is 47.4 Å². The molecule has 122 valence electrons. The van der Waals surface area contributed by atoms with Crippen molar-refractivity contribution in [3.63, 3.8) is 0 Å². The zero-order valence-corrected chi connectivity index (χ0v) is 13.2. The molecule has 1 aliphatic rings. The number of phenols is 1. The van der Waals surface area contributed by atoms with Crippen molar-refractivity contribution in [3.8, 4) is 17.2 Å². The molecule has 0 fully saturated rings. The van der Waals surface area contributed by atoms with Crippen LogP contribution in [0.25, 0.3) is 0 Å². The van der Waals surface area contributed by atoms with E-state index in [-0.39, 0.29) is 29.6 Å². The number of ether oxygens (including phenoxy) is 2. The topological polar surface area (TPSA) is 82.1 Å². The molecule has 1 aliphatic heterocycles. The van der Waals surface area contributed by atoms with Gasteiger partial charge in [0.15, 0.2) is 17.6 Å². The van der Waals surface area contributed by atoms with Crippen molar-refractivity contribution in [1.29, 1.82) is 0 Å². The van der Waals surface area contributed by atoms with E-state index >= 15 is 0 Å². The number of hydrogen-bond donors (Lipinski definition) is 1. The first-order valence-electron chi connectivity index (χ1n) is 7.03. The van der Waals surface area contributed by atoms with E-state index in [0.717, 1.165) is 5.56 Å². The normalized spacial score (nSPS) is 17.0. The highest BCUT2D eigenvalue weighted by molar-refractivity contribution is 7.86. The van der Waals surface area contributed by atoms with Crippen molar-refractivity contribution in [2.75, 3.05) is 13.2 Å². The van der Waals surface area contributed by atoms with Gasteiger partial charge in [-0.1, -0.05) is 23.8 Å². The van der Waals surface area contributed by atoms with Crippen LogP contribution in [0, 0.1) is 6.92 Å². The molecule has 2 aromatic carbocycles. The average molecular weight is 336 g/mol. The van der Waals surface area contributed by atoms with E-state index < -0.39 is 16.2 Å². The van der Waals surface area contributed by atoms with Crippen molar-refractivity contribution in [3.05, 3.63) is 48.0 Å². The van der Waals surface area contributed by atoms with Crippen LogP contribution in [0.4, 0.5) is 0 Å². The maximum Gasteiger partial charge on any atom is 0.297 e. The Balaban J connectivity index is 1.67. The van der Waals surface area contributed by atoms with Gasteiger partial charge >= 0.3 is 0 Å². The molecule has 0 saturated carbocycles. The van der Waals surface area contributed by atoms with E-state index in [1.54, 1.807) is 24.3 Å². The Bertz CT molecular complexity index is 798. The fourth-order valence-corrected chi connectivity index (χ4v) is 3.08. The Morgan fingerprint density at radius 1 is 1.22 bits per heavy atom. The summed E-state index contributed by atoms with van der Waals surface area (Å²) in [5.74, 6) is 0.552. The minimum Gasteiger partial charge on any atom is -0.504 e. The smallest absolute Gasteiger partial charge is 0.297 e. The van der Waals surface area contributed by atoms with Crippen molar-refractivity contribution in [2.24, 2.45) is 0 Å². The van der Waals surface area contributed by atoms with Gasteiger partial charge in [-0.25, -0.2) is 0 Å². The number of phenolic OH excluding ortho intramolecular Hbond substituents is 1. The maximum atomic E-state index is 12.1. The fraction of sp³-hybridized carbons (Fsp3) is 0.250. The molecule has 1 atom stereocenters. The molecule has 0 bridgehead atoms. The molecule has 7 heteroatoms. The Kier molecular flexibility index (Phi) is 4.14. The lowest BCUT2D eigenvalue weighted by atomic mass is 10.2. The summed E-state index contributed by atoms with van der Waals surface area (Å²) in [4.78, 5) is 0.0862. The van der Waals surface area contributed by atoms with Gasteiger partial charge in [-0.15, -0.1) is 0 Å². The van der Waals surface area contributed by atoms with Gasteiger partial charge in [0.25, 0.3) is 10.1 Å². The predicted octanol–water partition coefficient (Wildman–Crippen LogP) is 2.25. The summed E-state index contributed by atoms with van der Waals surface area (Å²) in [6.07, 6.45) is -0.629. The third kappa shape index (κ3) is 3.40. The lowest BCUT2D eigenvalue weighted by molar-refractivity contribution is 0.0527. The first kappa shape index (κ1) is 15.6. The molecular weight excluding hydrogens is 320 g/mol. The minimum atomic E-state index is -3.86. The molecule has 0 radical (unpaired) electrons. The lowest BCUT2D eigenvalue weighted by Crippen LogP contribution is -2.34. The van der Waals surface area contributed by atoms with Crippen LogP contribution < -0.4 is 9.47 Å². The molecule has 0 aromatic heterocycles. The number of para-hydroxylation sites is 1. The summed E-state index contributed by atoms with van der Waals surface area (Å²) in [5.41, 5.74) is 0.958. The first-order chi connectivity index (χ1) is 11.0. The molecule has 0 aliphatic carbocycles. The van der Waals surface area contributed by atoms with Crippen molar-refractivity contribution >= 4 is 10.1 Å². The molecule has 3 rings (SSSR count). The molecule has 1 N–H and O–H groups in total. The summed E-state index contributed by atoms with van der Waals surface area (Å²) in [5, 5.41) is 9.74. The van der Waals surface area contributed by atoms with Crippen LogP contribution >= 0.6 is 0 Å².